The van der Waals surface area contributed by atoms with Crippen LogP contribution in [0.2, 0.25) is 5.02 Å². The number of carbonyl (C=O) groups is 1. The van der Waals surface area contributed by atoms with Gasteiger partial charge in [-0.05, 0) is 26.3 Å². The number of hydrogen-bond donors (Lipinski definition) is 1. The zero-order valence-corrected chi connectivity index (χ0v) is 20.6. The fourth-order valence-corrected chi connectivity index (χ4v) is 5.41. The topological polar surface area (TPSA) is 70.7 Å². The summed E-state index contributed by atoms with van der Waals surface area (Å²) in [5, 5.41) is 11.8. The fraction of sp³-hybridized carbons (Fsp3) is 0.545. The number of nitrogens with zero attached hydrogens (tertiary/aromatic N) is 4. The van der Waals surface area contributed by atoms with Crippen LogP contribution in [0.15, 0.2) is 22.0 Å². The molecule has 0 saturated heterocycles. The summed E-state index contributed by atoms with van der Waals surface area (Å²) in [5.74, 6) is -0.159. The summed E-state index contributed by atoms with van der Waals surface area (Å²) in [6.07, 6.45) is 8.14. The van der Waals surface area contributed by atoms with Crippen LogP contribution in [0.1, 0.15) is 58.6 Å². The average Bonchev–Trinajstić information content (AvgIpc) is 3.16. The van der Waals surface area contributed by atoms with Crippen LogP contribution in [0, 0.1) is 6.57 Å². The zero-order chi connectivity index (χ0) is 22.9. The van der Waals surface area contributed by atoms with Crippen molar-refractivity contribution >= 4 is 52.2 Å². The first-order chi connectivity index (χ1) is 14.8. The van der Waals surface area contributed by atoms with Gasteiger partial charge in [0.1, 0.15) is 10.6 Å². The number of carboxylic acids is 1. The second-order valence-electron chi connectivity index (χ2n) is 7.78. The number of aromatic nitrogens is 2. The zero-order valence-electron chi connectivity index (χ0n) is 18.2. The van der Waals surface area contributed by atoms with E-state index < -0.39 is 10.7 Å². The number of hydrogen-bond acceptors (Lipinski definition) is 6. The molecular weight excluding hydrogens is 452 g/mol. The van der Waals surface area contributed by atoms with Crippen molar-refractivity contribution in [2.75, 3.05) is 18.0 Å². The molecule has 0 aliphatic carbocycles. The Balaban J connectivity index is 2.06. The number of aliphatic carboxylic acids is 1. The molecule has 2 rings (SSSR count). The monoisotopic (exact) mass is 480 g/mol. The molecule has 0 aromatic carbocycles. The van der Waals surface area contributed by atoms with Crippen LogP contribution in [-0.2, 0) is 11.2 Å². The van der Waals surface area contributed by atoms with E-state index in [4.69, 9.17) is 18.2 Å². The minimum absolute atomic E-state index is 0.429. The number of carboxylic acid groups (broad SMARTS) is 1. The van der Waals surface area contributed by atoms with Gasteiger partial charge in [-0.2, -0.15) is 0 Å². The SMILES string of the molecule is [C-]#[N+]c1cnc(N(CCCCCCC)CCc2csc(SC(C)(C)C(=O)O)n2)c(Cl)c1. The molecule has 2 heterocycles. The van der Waals surface area contributed by atoms with Gasteiger partial charge in [0.15, 0.2) is 4.34 Å². The maximum absolute atomic E-state index is 11.4. The second-order valence-corrected chi connectivity index (χ2v) is 10.9. The largest absolute Gasteiger partial charge is 0.480 e. The molecule has 0 spiro atoms. The smallest absolute Gasteiger partial charge is 0.319 e. The Labute approximate surface area is 197 Å². The van der Waals surface area contributed by atoms with Gasteiger partial charge in [-0.15, -0.1) is 11.3 Å². The first-order valence-electron chi connectivity index (χ1n) is 10.4. The van der Waals surface area contributed by atoms with E-state index in [0.29, 0.717) is 29.5 Å². The van der Waals surface area contributed by atoms with Crippen LogP contribution < -0.4 is 4.90 Å². The van der Waals surface area contributed by atoms with Gasteiger partial charge >= 0.3 is 5.97 Å². The molecule has 0 saturated carbocycles. The maximum Gasteiger partial charge on any atom is 0.319 e. The van der Waals surface area contributed by atoms with Gasteiger partial charge in [0.25, 0.3) is 0 Å². The number of halogens is 1. The van der Waals surface area contributed by atoms with Crippen LogP contribution in [0.25, 0.3) is 4.85 Å². The predicted molar refractivity (Wildman–Crippen MR) is 130 cm³/mol. The molecule has 1 N–H and O–H groups in total. The van der Waals surface area contributed by atoms with Gasteiger partial charge < -0.3 is 10.0 Å². The normalized spacial score (nSPS) is 11.3. The minimum atomic E-state index is -0.915. The highest BCUT2D eigenvalue weighted by molar-refractivity contribution is 8.02. The Hall–Kier alpha value is -1.82. The number of unbranched alkanes of at least 4 members (excludes halogenated alkanes) is 4. The van der Waals surface area contributed by atoms with Crippen molar-refractivity contribution in [1.29, 1.82) is 0 Å². The van der Waals surface area contributed by atoms with Gasteiger partial charge in [0, 0.05) is 31.1 Å². The number of anilines is 1. The third-order valence-corrected chi connectivity index (χ3v) is 7.24. The van der Waals surface area contributed by atoms with E-state index in [1.807, 2.05) is 5.38 Å². The molecular formula is C22H29ClN4O2S2. The van der Waals surface area contributed by atoms with Gasteiger partial charge in [-0.1, -0.05) is 56.0 Å². The lowest BCUT2D eigenvalue weighted by molar-refractivity contribution is -0.138. The summed E-state index contributed by atoms with van der Waals surface area (Å²) in [4.78, 5) is 26.0. The molecule has 9 heteroatoms. The van der Waals surface area contributed by atoms with Crippen LogP contribution in [0.4, 0.5) is 11.5 Å². The lowest BCUT2D eigenvalue weighted by atomic mass is 10.1. The lowest BCUT2D eigenvalue weighted by Crippen LogP contribution is -2.28. The summed E-state index contributed by atoms with van der Waals surface area (Å²) < 4.78 is -0.159. The Bertz CT molecular complexity index is 911. The van der Waals surface area contributed by atoms with Crippen molar-refractivity contribution in [3.63, 3.8) is 0 Å². The van der Waals surface area contributed by atoms with E-state index in [9.17, 15) is 9.90 Å². The Kier molecular flexibility index (Phi) is 10.1. The van der Waals surface area contributed by atoms with Crippen LogP contribution >= 0.6 is 34.7 Å². The van der Waals surface area contributed by atoms with E-state index in [1.165, 1.54) is 42.4 Å². The van der Waals surface area contributed by atoms with Crippen LogP contribution in [0.3, 0.4) is 0 Å². The lowest BCUT2D eigenvalue weighted by Gasteiger charge is -2.24. The highest BCUT2D eigenvalue weighted by Crippen LogP contribution is 2.35. The van der Waals surface area contributed by atoms with Crippen molar-refractivity contribution in [3.05, 3.63) is 39.8 Å². The first-order valence-corrected chi connectivity index (χ1v) is 12.5. The van der Waals surface area contributed by atoms with E-state index in [0.717, 1.165) is 29.4 Å². The highest BCUT2D eigenvalue weighted by atomic mass is 35.5. The Morgan fingerprint density at radius 3 is 2.71 bits per heavy atom. The van der Waals surface area contributed by atoms with Crippen molar-refractivity contribution in [1.82, 2.24) is 9.97 Å². The van der Waals surface area contributed by atoms with Gasteiger partial charge in [-0.25, -0.2) is 14.8 Å². The van der Waals surface area contributed by atoms with E-state index in [2.05, 4.69) is 26.6 Å². The van der Waals surface area contributed by atoms with E-state index in [-0.39, 0.29) is 0 Å². The van der Waals surface area contributed by atoms with Gasteiger partial charge in [-0.3, -0.25) is 4.79 Å². The van der Waals surface area contributed by atoms with Gasteiger partial charge in [0.2, 0.25) is 5.69 Å². The van der Waals surface area contributed by atoms with Crippen molar-refractivity contribution < 1.29 is 9.90 Å². The molecule has 0 atom stereocenters. The van der Waals surface area contributed by atoms with Gasteiger partial charge in [0.05, 0.1) is 17.3 Å². The molecule has 0 fully saturated rings. The van der Waals surface area contributed by atoms with E-state index in [1.54, 1.807) is 26.1 Å². The summed E-state index contributed by atoms with van der Waals surface area (Å²) in [7, 11) is 0. The fourth-order valence-electron chi connectivity index (χ4n) is 2.91. The summed E-state index contributed by atoms with van der Waals surface area (Å²) in [5.41, 5.74) is 1.36. The third-order valence-electron chi connectivity index (χ3n) is 4.79. The molecule has 0 amide bonds. The number of thioether (sulfide) groups is 1. The average molecular weight is 481 g/mol. The quantitative estimate of drug-likeness (QED) is 0.195. The summed E-state index contributed by atoms with van der Waals surface area (Å²) in [6.45, 7) is 14.3. The third kappa shape index (κ3) is 7.99. The molecule has 0 radical (unpaired) electrons. The van der Waals surface area contributed by atoms with Crippen LogP contribution in [-0.4, -0.2) is 38.9 Å². The molecule has 0 unspecified atom stereocenters. The second kappa shape index (κ2) is 12.3. The number of thiazole rings is 1. The highest BCUT2D eigenvalue weighted by Gasteiger charge is 2.29. The Morgan fingerprint density at radius 2 is 2.06 bits per heavy atom. The van der Waals surface area contributed by atoms with E-state index >= 15 is 0 Å². The first kappa shape index (κ1) is 25.4. The van der Waals surface area contributed by atoms with Crippen molar-refractivity contribution in [2.45, 2.75) is 68.4 Å². The molecule has 31 heavy (non-hydrogen) atoms. The standard InChI is InChI=1S/C22H29ClN4O2S2/c1-5-6-7-8-9-11-27(19-18(23)13-17(24-4)14-25-19)12-10-16-15-30-21(26-16)31-22(2,3)20(28)29/h13-15H,5-12H2,1-3H3,(H,28,29). The maximum atomic E-state index is 11.4. The molecule has 6 nitrogen and oxygen atoms in total. The molecule has 0 aliphatic heterocycles. The molecule has 0 bridgehead atoms. The summed E-state index contributed by atoms with van der Waals surface area (Å²) in [6, 6.07) is 1.66. The van der Waals surface area contributed by atoms with Crippen molar-refractivity contribution in [2.24, 2.45) is 0 Å². The number of pyridine rings is 1. The predicted octanol–water partition coefficient (Wildman–Crippen LogP) is 6.72. The molecule has 2 aromatic rings. The van der Waals surface area contributed by atoms with Crippen molar-refractivity contribution in [3.8, 4) is 0 Å². The molecule has 2 aromatic heterocycles. The van der Waals surface area contributed by atoms with Crippen LogP contribution in [0.5, 0.6) is 0 Å². The summed E-state index contributed by atoms with van der Waals surface area (Å²) >= 11 is 9.17. The Morgan fingerprint density at radius 1 is 1.32 bits per heavy atom. The molecule has 168 valence electrons. The molecule has 0 aliphatic rings. The minimum Gasteiger partial charge on any atom is -0.480 e. The number of rotatable bonds is 13.